The van der Waals surface area contributed by atoms with Gasteiger partial charge in [0.1, 0.15) is 0 Å². The summed E-state index contributed by atoms with van der Waals surface area (Å²) >= 11 is 0. The normalized spacial score (nSPS) is 13.3. The molecule has 0 saturated carbocycles. The molecule has 0 spiro atoms. The lowest BCUT2D eigenvalue weighted by atomic mass is 9.96. The minimum atomic E-state index is 0.125. The van der Waals surface area contributed by atoms with Crippen molar-refractivity contribution in [1.82, 2.24) is 24.9 Å². The minimum absolute atomic E-state index is 0.125. The summed E-state index contributed by atoms with van der Waals surface area (Å²) in [5, 5.41) is 19.8. The van der Waals surface area contributed by atoms with Gasteiger partial charge in [-0.15, -0.1) is 0 Å². The number of nitrogens with one attached hydrogen (secondary N) is 3. The van der Waals surface area contributed by atoms with E-state index >= 15 is 0 Å². The number of nitrogens with zero attached hydrogens (tertiary/aromatic N) is 2. The van der Waals surface area contributed by atoms with Crippen LogP contribution in [0.5, 0.6) is 0 Å². The van der Waals surface area contributed by atoms with E-state index in [1.165, 1.54) is 50.1 Å². The lowest BCUT2D eigenvalue weighted by Crippen LogP contribution is -1.96. The average Bonchev–Trinajstić information content (AvgIpc) is 3.86. The maximum Gasteiger partial charge on any atom is 0.0907 e. The minimum Gasteiger partial charge on any atom is -0.396 e. The van der Waals surface area contributed by atoms with Crippen LogP contribution in [-0.2, 0) is 19.3 Å². The number of allylic oxidation sites excluding steroid dienone is 4. The van der Waals surface area contributed by atoms with Crippen LogP contribution in [0.1, 0.15) is 123 Å². The quantitative estimate of drug-likeness (QED) is 0.117. The predicted octanol–water partition coefficient (Wildman–Crippen LogP) is 9.77. The molecule has 2 aliphatic heterocycles. The summed E-state index contributed by atoms with van der Waals surface area (Å²) in [6, 6.07) is 8.94. The van der Waals surface area contributed by atoms with Crippen LogP contribution in [0.15, 0.2) is 24.3 Å². The summed E-state index contributed by atoms with van der Waals surface area (Å²) in [4.78, 5) is 22.1. The van der Waals surface area contributed by atoms with E-state index in [1.54, 1.807) is 0 Å². The number of aliphatic hydroxyl groups excluding tert-OH is 2. The van der Waals surface area contributed by atoms with Crippen molar-refractivity contribution in [3.05, 3.63) is 80.4 Å². The molecule has 258 valence electrons. The molecule has 0 amide bonds. The van der Waals surface area contributed by atoms with Crippen molar-refractivity contribution in [3.63, 3.8) is 0 Å². The Balaban J connectivity index is 1.85. The third-order valence-electron chi connectivity index (χ3n) is 10.7. The Kier molecular flexibility index (Phi) is 10.1. The van der Waals surface area contributed by atoms with Gasteiger partial charge in [0.25, 0.3) is 0 Å². The first-order valence-electron chi connectivity index (χ1n) is 18.3. The van der Waals surface area contributed by atoms with Crippen LogP contribution in [0.4, 0.5) is 0 Å². The molecule has 4 aromatic heterocycles. The molecule has 0 unspecified atom stereocenters. The summed E-state index contributed by atoms with van der Waals surface area (Å²) in [5.41, 5.74) is 22.7. The van der Waals surface area contributed by atoms with Crippen LogP contribution in [0.3, 0.4) is 0 Å². The van der Waals surface area contributed by atoms with E-state index in [-0.39, 0.29) is 13.2 Å². The number of aromatic amines is 3. The molecule has 5 N–H and O–H groups in total. The zero-order valence-electron chi connectivity index (χ0n) is 30.7. The van der Waals surface area contributed by atoms with Gasteiger partial charge in [-0.3, -0.25) is 0 Å². The summed E-state index contributed by atoms with van der Waals surface area (Å²) < 4.78 is 0. The van der Waals surface area contributed by atoms with E-state index in [0.29, 0.717) is 12.8 Å². The molecule has 0 aliphatic carbocycles. The monoisotopic (exact) mass is 659 g/mol. The number of rotatable bonds is 10. The number of hydrogen-bond acceptors (Lipinski definition) is 4. The van der Waals surface area contributed by atoms with Gasteiger partial charge in [-0.2, -0.15) is 0 Å². The van der Waals surface area contributed by atoms with Gasteiger partial charge in [0.2, 0.25) is 0 Å². The Morgan fingerprint density at radius 2 is 1.10 bits per heavy atom. The number of fused-ring (bicyclic) bond motifs is 11. The number of aromatic nitrogens is 5. The van der Waals surface area contributed by atoms with Gasteiger partial charge in [-0.05, 0) is 153 Å². The third-order valence-corrected chi connectivity index (χ3v) is 10.7. The molecule has 49 heavy (non-hydrogen) atoms. The highest BCUT2D eigenvalue weighted by Crippen LogP contribution is 2.39. The lowest BCUT2D eigenvalue weighted by molar-refractivity contribution is 0.288. The van der Waals surface area contributed by atoms with E-state index in [4.69, 9.17) is 9.97 Å². The molecule has 0 aromatic carbocycles. The highest BCUT2D eigenvalue weighted by Gasteiger charge is 2.23. The molecule has 0 fully saturated rings. The van der Waals surface area contributed by atoms with Crippen molar-refractivity contribution in [2.24, 2.45) is 0 Å². The Morgan fingerprint density at radius 3 is 1.76 bits per heavy atom. The summed E-state index contributed by atoms with van der Waals surface area (Å²) in [6.45, 7) is 17.9. The standard InChI is InChI=1S/C42H53N5O2/c1-9-27-25(7)40-41-26(8)28(10-2)37(46-41)21-34-24(6)31(15-13-17-48)39(44-34)22-38-29(11-3)30(12-4)42(47-38)32(16-14-18-49)35-19-23(5)33(43-35)20-36(27)45-40/h19-22,43-45,48-49H,9-18H2,1-8H3. The molecule has 4 aromatic rings. The number of aryl methyl sites for hydroxylation is 6. The smallest absolute Gasteiger partial charge is 0.0907 e. The number of H-pyrrole nitrogens is 3. The predicted molar refractivity (Wildman–Crippen MR) is 206 cm³/mol. The first-order chi connectivity index (χ1) is 23.7. The average molecular weight is 660 g/mol. The highest BCUT2D eigenvalue weighted by atomic mass is 16.3. The Hall–Kier alpha value is -4.20. The van der Waals surface area contributed by atoms with E-state index in [0.717, 1.165) is 100.0 Å². The topological polar surface area (TPSA) is 114 Å². The molecule has 7 nitrogen and oxygen atoms in total. The Bertz CT molecular complexity index is 2190. The van der Waals surface area contributed by atoms with Gasteiger partial charge in [0, 0.05) is 46.4 Å². The molecule has 6 heterocycles. The number of aliphatic hydroxyl groups is 2. The fourth-order valence-corrected chi connectivity index (χ4v) is 8.05. The van der Waals surface area contributed by atoms with Crippen LogP contribution >= 0.6 is 0 Å². The van der Waals surface area contributed by atoms with Gasteiger partial charge in [-0.1, -0.05) is 27.7 Å². The van der Waals surface area contributed by atoms with Crippen molar-refractivity contribution in [1.29, 1.82) is 0 Å². The van der Waals surface area contributed by atoms with E-state index in [1.807, 2.05) is 0 Å². The maximum absolute atomic E-state index is 9.95. The fraction of sp³-hybridized carbons (Fsp3) is 0.429. The fourth-order valence-electron chi connectivity index (χ4n) is 8.05. The van der Waals surface area contributed by atoms with Crippen molar-refractivity contribution >= 4 is 55.4 Å². The van der Waals surface area contributed by atoms with Crippen LogP contribution in [-0.4, -0.2) is 48.3 Å². The second kappa shape index (κ2) is 14.3. The first kappa shape index (κ1) is 34.7. The second-order valence-electron chi connectivity index (χ2n) is 13.6. The molecule has 0 saturated heterocycles. The first-order valence-corrected chi connectivity index (χ1v) is 18.3. The zero-order chi connectivity index (χ0) is 35.0. The Morgan fingerprint density at radius 1 is 0.531 bits per heavy atom. The van der Waals surface area contributed by atoms with Gasteiger partial charge < -0.3 is 25.2 Å². The molecular weight excluding hydrogens is 606 g/mol. The highest BCUT2D eigenvalue weighted by molar-refractivity contribution is 5.98. The van der Waals surface area contributed by atoms with Gasteiger partial charge in [-0.25, -0.2) is 9.97 Å². The van der Waals surface area contributed by atoms with Gasteiger partial charge in [0.15, 0.2) is 0 Å². The van der Waals surface area contributed by atoms with Gasteiger partial charge in [0.05, 0.1) is 28.3 Å². The van der Waals surface area contributed by atoms with Crippen molar-refractivity contribution < 1.29 is 10.2 Å². The van der Waals surface area contributed by atoms with Crippen molar-refractivity contribution in [3.8, 4) is 0 Å². The second-order valence-corrected chi connectivity index (χ2v) is 13.6. The number of hydrogen-bond donors (Lipinski definition) is 5. The summed E-state index contributed by atoms with van der Waals surface area (Å²) in [6.07, 6.45) is 6.39. The largest absolute Gasteiger partial charge is 0.396 e. The van der Waals surface area contributed by atoms with E-state index in [9.17, 15) is 10.2 Å². The molecule has 0 radical (unpaired) electrons. The summed E-state index contributed by atoms with van der Waals surface area (Å²) in [7, 11) is 0. The van der Waals surface area contributed by atoms with E-state index in [2.05, 4.69) is 94.6 Å². The molecule has 2 aliphatic rings. The lowest BCUT2D eigenvalue weighted by Gasteiger charge is -2.08. The zero-order valence-corrected chi connectivity index (χ0v) is 30.7. The molecule has 10 bridgehead atoms. The summed E-state index contributed by atoms with van der Waals surface area (Å²) in [5.74, 6) is 0. The molecule has 6 rings (SSSR count). The van der Waals surface area contributed by atoms with Crippen LogP contribution in [0.2, 0.25) is 0 Å². The van der Waals surface area contributed by atoms with Crippen LogP contribution < -0.4 is 0 Å². The third kappa shape index (κ3) is 6.12. The Labute approximate surface area is 290 Å². The maximum atomic E-state index is 9.95. The van der Waals surface area contributed by atoms with Gasteiger partial charge >= 0.3 is 0 Å². The molecular formula is C42H53N5O2. The molecule has 0 atom stereocenters. The van der Waals surface area contributed by atoms with Crippen molar-refractivity contribution in [2.75, 3.05) is 13.2 Å². The van der Waals surface area contributed by atoms with Crippen LogP contribution in [0, 0.1) is 20.8 Å². The molecule has 7 heteroatoms. The van der Waals surface area contributed by atoms with E-state index < -0.39 is 0 Å². The van der Waals surface area contributed by atoms with Crippen molar-refractivity contribution in [2.45, 2.75) is 107 Å². The van der Waals surface area contributed by atoms with Crippen LogP contribution in [0.25, 0.3) is 55.4 Å². The SMILES string of the molecule is CCC1=C(CC)c2nc1cc1[nH]c(cc3nc(c4[nH]c(cc5[nH]c(cc5C)c2CCCO)c(CC)c4C)C(C)=C3CC)c(C)c1CCCO.